The van der Waals surface area contributed by atoms with E-state index in [1.165, 1.54) is 29.2 Å². The fraction of sp³-hybridized carbons (Fsp3) is 0.174. The van der Waals surface area contributed by atoms with Gasteiger partial charge in [0, 0.05) is 23.0 Å². The molecule has 2 N–H and O–H groups in total. The number of halogens is 2. The number of H-pyrrole nitrogens is 1. The highest BCUT2D eigenvalue weighted by molar-refractivity contribution is 9.10. The average molecular weight is 485 g/mol. The maximum Gasteiger partial charge on any atom is 0.295 e. The van der Waals surface area contributed by atoms with E-state index in [0.29, 0.717) is 30.6 Å². The Morgan fingerprint density at radius 1 is 1.13 bits per heavy atom. The molecule has 1 aliphatic rings. The van der Waals surface area contributed by atoms with E-state index >= 15 is 0 Å². The summed E-state index contributed by atoms with van der Waals surface area (Å²) in [6.45, 7) is 0.956. The van der Waals surface area contributed by atoms with Crippen molar-refractivity contribution in [3.05, 3.63) is 94.2 Å². The third-order valence-electron chi connectivity index (χ3n) is 5.26. The molecule has 1 fully saturated rings. The van der Waals surface area contributed by atoms with Gasteiger partial charge in [0.15, 0.2) is 0 Å². The summed E-state index contributed by atoms with van der Waals surface area (Å²) in [6, 6.07) is 11.7. The Bertz CT molecular complexity index is 1130. The maximum absolute atomic E-state index is 13.5. The highest BCUT2D eigenvalue weighted by atomic mass is 79.9. The van der Waals surface area contributed by atoms with Crippen LogP contribution in [-0.4, -0.2) is 33.2 Å². The first-order valence-corrected chi connectivity index (χ1v) is 10.6. The van der Waals surface area contributed by atoms with Crippen LogP contribution in [0.2, 0.25) is 0 Å². The van der Waals surface area contributed by atoms with Crippen LogP contribution in [-0.2, 0) is 16.1 Å². The van der Waals surface area contributed by atoms with Crippen molar-refractivity contribution in [1.29, 1.82) is 0 Å². The number of hydrogen-bond donors (Lipinski definition) is 2. The summed E-state index contributed by atoms with van der Waals surface area (Å²) in [6.07, 6.45) is 6.08. The second-order valence-corrected chi connectivity index (χ2v) is 8.17. The number of carbonyl (C=O) groups excluding carboxylic acids is 2. The molecular weight excluding hydrogens is 465 g/mol. The zero-order chi connectivity index (χ0) is 22.0. The predicted octanol–water partition coefficient (Wildman–Crippen LogP) is 3.72. The zero-order valence-electron chi connectivity index (χ0n) is 16.5. The van der Waals surface area contributed by atoms with E-state index in [9.17, 15) is 19.1 Å². The third kappa shape index (κ3) is 4.29. The molecule has 2 aromatic carbocycles. The molecule has 0 radical (unpaired) electrons. The molecule has 1 saturated heterocycles. The van der Waals surface area contributed by atoms with Gasteiger partial charge in [0.25, 0.3) is 11.7 Å². The molecule has 0 saturated carbocycles. The summed E-state index contributed by atoms with van der Waals surface area (Å²) < 4.78 is 16.3. The summed E-state index contributed by atoms with van der Waals surface area (Å²) in [5, 5.41) is 11.0. The number of aryl methyl sites for hydroxylation is 1. The molecule has 0 aliphatic carbocycles. The minimum Gasteiger partial charge on any atom is -0.507 e. The molecule has 158 valence electrons. The van der Waals surface area contributed by atoms with Gasteiger partial charge < -0.3 is 10.0 Å². The zero-order valence-corrected chi connectivity index (χ0v) is 18.0. The molecule has 6 nitrogen and oxygen atoms in total. The second kappa shape index (κ2) is 8.85. The van der Waals surface area contributed by atoms with Gasteiger partial charge in [-0.3, -0.25) is 14.6 Å². The molecule has 2 heterocycles. The predicted molar refractivity (Wildman–Crippen MR) is 115 cm³/mol. The van der Waals surface area contributed by atoms with Gasteiger partial charge in [-0.1, -0.05) is 40.2 Å². The van der Waals surface area contributed by atoms with Crippen molar-refractivity contribution in [2.24, 2.45) is 0 Å². The minimum atomic E-state index is -0.791. The Hall–Kier alpha value is -3.26. The lowest BCUT2D eigenvalue weighted by Gasteiger charge is -2.25. The summed E-state index contributed by atoms with van der Waals surface area (Å²) in [5.41, 5.74) is 0.998. The standard InChI is InChI=1S/C23H19BrFN3O3/c24-17-6-2-16(3-7-17)21(29)19-20(15-4-8-18(25)9-5-15)28(23(31)22(19)30)12-1-11-27-13-10-26-14-27/h2-10,13-14,20H,1,11-12H2,(H,29,30)/p+1. The van der Waals surface area contributed by atoms with Crippen LogP contribution in [0.1, 0.15) is 23.6 Å². The number of benzene rings is 2. The van der Waals surface area contributed by atoms with Crippen LogP contribution in [0.5, 0.6) is 0 Å². The smallest absolute Gasteiger partial charge is 0.295 e. The van der Waals surface area contributed by atoms with E-state index in [2.05, 4.69) is 20.9 Å². The molecule has 1 atom stereocenters. The highest BCUT2D eigenvalue weighted by Crippen LogP contribution is 2.39. The molecular formula is C23H20BrFN3O3+. The lowest BCUT2D eigenvalue weighted by atomic mass is 9.95. The molecule has 3 aromatic rings. The molecule has 0 bridgehead atoms. The number of aliphatic hydroxyl groups excluding tert-OH is 1. The summed E-state index contributed by atoms with van der Waals surface area (Å²) in [4.78, 5) is 30.2. The van der Waals surface area contributed by atoms with Crippen LogP contribution < -0.4 is 4.57 Å². The number of aromatic amines is 1. The number of likely N-dealkylation sites (tertiary alicyclic amines) is 1. The molecule has 8 heteroatoms. The number of nitrogens with one attached hydrogen (secondary N) is 1. The summed E-state index contributed by atoms with van der Waals surface area (Å²) in [7, 11) is 0. The van der Waals surface area contributed by atoms with Crippen molar-refractivity contribution in [1.82, 2.24) is 9.88 Å². The summed E-state index contributed by atoms with van der Waals surface area (Å²) >= 11 is 3.34. The lowest BCUT2D eigenvalue weighted by molar-refractivity contribution is -0.695. The first-order valence-electron chi connectivity index (χ1n) is 9.77. The van der Waals surface area contributed by atoms with Gasteiger partial charge in [-0.15, -0.1) is 0 Å². The van der Waals surface area contributed by atoms with Crippen molar-refractivity contribution < 1.29 is 23.7 Å². The maximum atomic E-state index is 13.5. The van der Waals surface area contributed by atoms with E-state index in [4.69, 9.17) is 0 Å². The molecule has 4 rings (SSSR count). The number of aromatic nitrogens is 2. The van der Waals surface area contributed by atoms with Crippen molar-refractivity contribution in [2.75, 3.05) is 6.54 Å². The Morgan fingerprint density at radius 3 is 2.48 bits per heavy atom. The van der Waals surface area contributed by atoms with Crippen molar-refractivity contribution >= 4 is 33.4 Å². The molecule has 1 aliphatic heterocycles. The topological polar surface area (TPSA) is 77.3 Å². The van der Waals surface area contributed by atoms with E-state index < -0.39 is 23.5 Å². The van der Waals surface area contributed by atoms with Crippen molar-refractivity contribution in [3.8, 4) is 0 Å². The third-order valence-corrected chi connectivity index (χ3v) is 5.79. The van der Waals surface area contributed by atoms with Gasteiger partial charge in [-0.25, -0.2) is 8.96 Å². The Morgan fingerprint density at radius 2 is 1.84 bits per heavy atom. The molecule has 1 unspecified atom stereocenters. The Labute approximate surface area is 186 Å². The average Bonchev–Trinajstić information content (AvgIpc) is 3.37. The monoisotopic (exact) mass is 484 g/mol. The lowest BCUT2D eigenvalue weighted by Crippen LogP contribution is -2.36. The van der Waals surface area contributed by atoms with Crippen LogP contribution in [0.4, 0.5) is 4.39 Å². The number of carbonyl (C=O) groups is 2. The quantitative estimate of drug-likeness (QED) is 0.242. The fourth-order valence-electron chi connectivity index (χ4n) is 3.75. The Balaban J connectivity index is 1.72. The SMILES string of the molecule is O=C1C(=O)N(CCC[n+]2cc[nH]c2)C(c2ccc(F)cc2)C1=C(O)c1ccc(Br)cc1. The van der Waals surface area contributed by atoms with Crippen LogP contribution in [0.3, 0.4) is 0 Å². The van der Waals surface area contributed by atoms with E-state index in [1.54, 1.807) is 36.8 Å². The van der Waals surface area contributed by atoms with Crippen LogP contribution in [0, 0.1) is 5.82 Å². The van der Waals surface area contributed by atoms with Gasteiger partial charge in [0.05, 0.1) is 18.2 Å². The molecule has 1 amide bonds. The number of Topliss-reactive ketones (excluding diaryl/α,β-unsaturated/α-hetero) is 1. The molecule has 0 spiro atoms. The van der Waals surface area contributed by atoms with E-state index in [0.717, 1.165) is 4.47 Å². The van der Waals surface area contributed by atoms with Gasteiger partial charge in [0.2, 0.25) is 6.33 Å². The van der Waals surface area contributed by atoms with Crippen molar-refractivity contribution in [3.63, 3.8) is 0 Å². The van der Waals surface area contributed by atoms with Crippen molar-refractivity contribution in [2.45, 2.75) is 19.0 Å². The van der Waals surface area contributed by atoms with Gasteiger partial charge in [-0.2, -0.15) is 0 Å². The van der Waals surface area contributed by atoms with Crippen LogP contribution >= 0.6 is 15.9 Å². The number of aliphatic hydroxyl groups is 1. The fourth-order valence-corrected chi connectivity index (χ4v) is 4.01. The van der Waals surface area contributed by atoms with E-state index in [1.807, 2.05) is 10.8 Å². The normalized spacial score (nSPS) is 18.0. The van der Waals surface area contributed by atoms with Gasteiger partial charge >= 0.3 is 0 Å². The number of rotatable bonds is 6. The first-order chi connectivity index (χ1) is 15.0. The summed E-state index contributed by atoms with van der Waals surface area (Å²) in [5.74, 6) is -2.09. The second-order valence-electron chi connectivity index (χ2n) is 7.25. The first kappa shape index (κ1) is 21.0. The number of ketones is 1. The highest BCUT2D eigenvalue weighted by Gasteiger charge is 2.45. The van der Waals surface area contributed by atoms with Gasteiger partial charge in [0.1, 0.15) is 24.0 Å². The van der Waals surface area contributed by atoms with Crippen LogP contribution in [0.15, 0.2) is 77.3 Å². The Kier molecular flexibility index (Phi) is 5.99. The largest absolute Gasteiger partial charge is 0.507 e. The van der Waals surface area contributed by atoms with Crippen LogP contribution in [0.25, 0.3) is 5.76 Å². The molecule has 31 heavy (non-hydrogen) atoms. The number of amides is 1. The van der Waals surface area contributed by atoms with E-state index in [-0.39, 0.29) is 11.3 Å². The number of hydrogen-bond acceptors (Lipinski definition) is 3. The molecule has 1 aromatic heterocycles. The number of nitrogens with zero attached hydrogens (tertiary/aromatic N) is 2. The van der Waals surface area contributed by atoms with Gasteiger partial charge in [-0.05, 0) is 29.8 Å². The number of imidazole rings is 1. The minimum absolute atomic E-state index is 0.00762.